The molecule has 0 saturated carbocycles. The minimum absolute atomic E-state index is 0.0821. The zero-order valence-corrected chi connectivity index (χ0v) is 17.1. The van der Waals surface area contributed by atoms with Crippen LogP contribution in [0.1, 0.15) is 37.3 Å². The van der Waals surface area contributed by atoms with Gasteiger partial charge in [0, 0.05) is 13.6 Å². The molecule has 3 N–H and O–H groups in total. The fraction of sp³-hybridized carbons (Fsp3) is 0.435. The zero-order valence-electron chi connectivity index (χ0n) is 17.1. The Morgan fingerprint density at radius 3 is 2.46 bits per heavy atom. The first kappa shape index (κ1) is 21.8. The highest BCUT2D eigenvalue weighted by Crippen LogP contribution is 2.24. The minimum Gasteiger partial charge on any atom is -0.506 e. The Labute approximate surface area is 168 Å². The third kappa shape index (κ3) is 7.61. The molecule has 0 atom stereocenters. The van der Waals surface area contributed by atoms with Gasteiger partial charge in [0.25, 0.3) is 0 Å². The number of urea groups is 1. The van der Waals surface area contributed by atoms with Gasteiger partial charge in [0.05, 0.1) is 5.69 Å². The number of aromatic hydroxyl groups is 1. The van der Waals surface area contributed by atoms with Crippen LogP contribution in [0.4, 0.5) is 10.5 Å². The lowest BCUT2D eigenvalue weighted by Crippen LogP contribution is -2.28. The summed E-state index contributed by atoms with van der Waals surface area (Å²) in [5.41, 5.74) is 2.96. The number of benzene rings is 2. The molecule has 2 amide bonds. The average molecular weight is 384 g/mol. The second kappa shape index (κ2) is 12.0. The van der Waals surface area contributed by atoms with Crippen LogP contribution >= 0.6 is 0 Å². The number of phenolic OH excluding ortho intramolecular Hbond substituents is 1. The van der Waals surface area contributed by atoms with Gasteiger partial charge in [-0.3, -0.25) is 0 Å². The van der Waals surface area contributed by atoms with Gasteiger partial charge in [-0.15, -0.1) is 0 Å². The van der Waals surface area contributed by atoms with E-state index in [2.05, 4.69) is 52.8 Å². The van der Waals surface area contributed by atoms with Crippen LogP contribution in [-0.4, -0.2) is 42.7 Å². The number of amides is 2. The van der Waals surface area contributed by atoms with Gasteiger partial charge in [0.2, 0.25) is 0 Å². The van der Waals surface area contributed by atoms with E-state index in [4.69, 9.17) is 0 Å². The Balaban J connectivity index is 1.81. The molecule has 0 saturated heterocycles. The predicted octanol–water partition coefficient (Wildman–Crippen LogP) is 4.42. The quantitative estimate of drug-likeness (QED) is 0.397. The highest BCUT2D eigenvalue weighted by atomic mass is 16.3. The van der Waals surface area contributed by atoms with Crippen molar-refractivity contribution in [3.05, 3.63) is 59.7 Å². The molecule has 2 aromatic rings. The van der Waals surface area contributed by atoms with Crippen LogP contribution in [0.5, 0.6) is 5.75 Å². The van der Waals surface area contributed by atoms with Crippen molar-refractivity contribution in [3.63, 3.8) is 0 Å². The molecule has 0 bridgehead atoms. The number of hydrogen-bond acceptors (Lipinski definition) is 3. The lowest BCUT2D eigenvalue weighted by molar-refractivity contribution is 0.254. The largest absolute Gasteiger partial charge is 0.506 e. The molecule has 0 unspecified atom stereocenters. The maximum atomic E-state index is 11.5. The van der Waals surface area contributed by atoms with E-state index >= 15 is 0 Å². The number of aryl methyl sites for hydroxylation is 1. The van der Waals surface area contributed by atoms with Gasteiger partial charge in [-0.1, -0.05) is 43.3 Å². The van der Waals surface area contributed by atoms with Gasteiger partial charge in [-0.2, -0.15) is 0 Å². The summed E-state index contributed by atoms with van der Waals surface area (Å²) in [6.45, 7) is 5.38. The molecule has 0 spiro atoms. The minimum atomic E-state index is -0.335. The second-order valence-corrected chi connectivity index (χ2v) is 7.09. The molecule has 0 radical (unpaired) electrons. The van der Waals surface area contributed by atoms with Crippen LogP contribution < -0.4 is 10.6 Å². The monoisotopic (exact) mass is 383 g/mol. The molecule has 0 aliphatic carbocycles. The van der Waals surface area contributed by atoms with Crippen molar-refractivity contribution in [1.29, 1.82) is 0 Å². The highest BCUT2D eigenvalue weighted by molar-refractivity contribution is 5.90. The van der Waals surface area contributed by atoms with E-state index in [-0.39, 0.29) is 11.8 Å². The maximum Gasteiger partial charge on any atom is 0.319 e. The standard InChI is InChI=1S/C23H33N3O2/c1-3-15-26(16-8-7-11-19-9-5-4-6-10-19)17-14-20-12-13-22(27)21(18-20)25-23(28)24-2/h4-6,9-10,12-13,18,27H,3,7-8,11,14-17H2,1-2H3,(H2,24,25,28). The van der Waals surface area contributed by atoms with Gasteiger partial charge >= 0.3 is 6.03 Å². The highest BCUT2D eigenvalue weighted by Gasteiger charge is 2.08. The summed E-state index contributed by atoms with van der Waals surface area (Å²) < 4.78 is 0. The Hall–Kier alpha value is -2.53. The summed E-state index contributed by atoms with van der Waals surface area (Å²) in [7, 11) is 1.55. The van der Waals surface area contributed by atoms with Crippen molar-refractivity contribution in [3.8, 4) is 5.75 Å². The normalized spacial score (nSPS) is 10.8. The van der Waals surface area contributed by atoms with Crippen LogP contribution in [-0.2, 0) is 12.8 Å². The van der Waals surface area contributed by atoms with Crippen molar-refractivity contribution in [1.82, 2.24) is 10.2 Å². The first-order valence-electron chi connectivity index (χ1n) is 10.2. The molecule has 0 heterocycles. The summed E-state index contributed by atoms with van der Waals surface area (Å²) in [4.78, 5) is 14.0. The molecular formula is C23H33N3O2. The molecule has 152 valence electrons. The van der Waals surface area contributed by atoms with Crippen LogP contribution in [0, 0.1) is 0 Å². The van der Waals surface area contributed by atoms with Crippen LogP contribution in [0.25, 0.3) is 0 Å². The number of carbonyl (C=O) groups excluding carboxylic acids is 1. The topological polar surface area (TPSA) is 64.6 Å². The molecule has 5 heteroatoms. The number of hydrogen-bond donors (Lipinski definition) is 3. The maximum absolute atomic E-state index is 11.5. The van der Waals surface area contributed by atoms with E-state index in [1.54, 1.807) is 13.1 Å². The smallest absolute Gasteiger partial charge is 0.319 e. The summed E-state index contributed by atoms with van der Waals surface area (Å²) in [6, 6.07) is 15.7. The summed E-state index contributed by atoms with van der Waals surface area (Å²) in [5, 5.41) is 15.1. The molecular weight excluding hydrogens is 350 g/mol. The lowest BCUT2D eigenvalue weighted by Gasteiger charge is -2.22. The van der Waals surface area contributed by atoms with Crippen molar-refractivity contribution < 1.29 is 9.90 Å². The number of nitrogens with zero attached hydrogens (tertiary/aromatic N) is 1. The molecule has 0 aromatic heterocycles. The molecule has 0 aliphatic rings. The number of unbranched alkanes of at least 4 members (excludes halogenated alkanes) is 1. The first-order chi connectivity index (χ1) is 13.6. The molecule has 2 aromatic carbocycles. The molecule has 28 heavy (non-hydrogen) atoms. The van der Waals surface area contributed by atoms with E-state index < -0.39 is 0 Å². The Bertz CT molecular complexity index is 719. The molecule has 0 aliphatic heterocycles. The van der Waals surface area contributed by atoms with Crippen molar-refractivity contribution in [2.45, 2.75) is 39.0 Å². The fourth-order valence-electron chi connectivity index (χ4n) is 3.27. The van der Waals surface area contributed by atoms with Crippen molar-refractivity contribution in [2.24, 2.45) is 0 Å². The number of carbonyl (C=O) groups is 1. The van der Waals surface area contributed by atoms with Crippen molar-refractivity contribution >= 4 is 11.7 Å². The Morgan fingerprint density at radius 2 is 1.75 bits per heavy atom. The van der Waals surface area contributed by atoms with E-state index in [9.17, 15) is 9.90 Å². The fourth-order valence-corrected chi connectivity index (χ4v) is 3.27. The van der Waals surface area contributed by atoms with Gasteiger partial charge in [0.15, 0.2) is 0 Å². The summed E-state index contributed by atoms with van der Waals surface area (Å²) in [5.74, 6) is 0.0821. The molecule has 5 nitrogen and oxygen atoms in total. The van der Waals surface area contributed by atoms with Gasteiger partial charge < -0.3 is 20.6 Å². The average Bonchev–Trinajstić information content (AvgIpc) is 2.72. The number of phenols is 1. The summed E-state index contributed by atoms with van der Waals surface area (Å²) in [6.07, 6.45) is 5.55. The molecule has 2 rings (SSSR count). The molecule has 0 fully saturated rings. The van der Waals surface area contributed by atoms with Crippen molar-refractivity contribution in [2.75, 3.05) is 32.0 Å². The van der Waals surface area contributed by atoms with E-state index in [1.165, 1.54) is 18.4 Å². The van der Waals surface area contributed by atoms with E-state index in [0.29, 0.717) is 5.69 Å². The third-order valence-corrected chi connectivity index (χ3v) is 4.83. The van der Waals surface area contributed by atoms with Crippen LogP contribution in [0.15, 0.2) is 48.5 Å². The SMILES string of the molecule is CCCN(CCCCc1ccccc1)CCc1ccc(O)c(NC(=O)NC)c1. The predicted molar refractivity (Wildman–Crippen MR) is 116 cm³/mol. The Morgan fingerprint density at radius 1 is 0.964 bits per heavy atom. The van der Waals surface area contributed by atoms with Gasteiger partial charge in [-0.05, 0) is 68.5 Å². The van der Waals surface area contributed by atoms with Crippen LogP contribution in [0.3, 0.4) is 0 Å². The Kier molecular flexibility index (Phi) is 9.35. The number of nitrogens with one attached hydrogen (secondary N) is 2. The lowest BCUT2D eigenvalue weighted by atomic mass is 10.1. The summed E-state index contributed by atoms with van der Waals surface area (Å²) >= 11 is 0. The van der Waals surface area contributed by atoms with Gasteiger partial charge in [-0.25, -0.2) is 4.79 Å². The second-order valence-electron chi connectivity index (χ2n) is 7.09. The van der Waals surface area contributed by atoms with Gasteiger partial charge in [0.1, 0.15) is 5.75 Å². The number of rotatable bonds is 11. The third-order valence-electron chi connectivity index (χ3n) is 4.83. The van der Waals surface area contributed by atoms with E-state index in [0.717, 1.165) is 44.5 Å². The zero-order chi connectivity index (χ0) is 20.2. The van der Waals surface area contributed by atoms with E-state index in [1.807, 2.05) is 12.1 Å². The number of anilines is 1. The van der Waals surface area contributed by atoms with Crippen LogP contribution in [0.2, 0.25) is 0 Å². The first-order valence-corrected chi connectivity index (χ1v) is 10.2.